The monoisotopic (exact) mass is 501 g/mol. The fourth-order valence-corrected chi connectivity index (χ4v) is 10.7. The van der Waals surface area contributed by atoms with Crippen LogP contribution in [0.25, 0.3) is 0 Å². The van der Waals surface area contributed by atoms with Gasteiger partial charge in [-0.25, -0.2) is 0 Å². The maximum absolute atomic E-state index is 9.55. The molecule has 1 N–H and O–H groups in total. The molecule has 0 aliphatic carbocycles. The predicted molar refractivity (Wildman–Crippen MR) is 153 cm³/mol. The van der Waals surface area contributed by atoms with Crippen LogP contribution < -0.4 is 10.4 Å². The van der Waals surface area contributed by atoms with E-state index >= 15 is 0 Å². The summed E-state index contributed by atoms with van der Waals surface area (Å²) in [6.07, 6.45) is 5.47. The number of hydrogen-bond donors (Lipinski definition) is 1. The van der Waals surface area contributed by atoms with Crippen LogP contribution in [-0.2, 0) is 11.0 Å². The highest BCUT2D eigenvalue weighted by molar-refractivity contribution is 6.99. The second kappa shape index (κ2) is 12.3. The first-order chi connectivity index (χ1) is 17.5. The molecule has 4 heteroatoms. The molecule has 1 saturated heterocycles. The standard InChI is InChI=1S/C32H43NO2Si/c1-32(2,3)36(30-20-9-5-10-21-30,31-22-11-6-12-23-31)35-26-29-18-13-17-28(19-14-24-34)33(29)25-27-15-7-4-8-16-27/h4-12,15-16,20-23,28-29,34H,13-14,17-19,24-26H2,1-3H3/t28-,29-/m0/s1. The van der Waals surface area contributed by atoms with Crippen LogP contribution in [0.3, 0.4) is 0 Å². The van der Waals surface area contributed by atoms with E-state index in [0.717, 1.165) is 32.4 Å². The molecule has 0 aromatic heterocycles. The minimum atomic E-state index is -2.57. The summed E-state index contributed by atoms with van der Waals surface area (Å²) in [6, 6.07) is 33.6. The largest absolute Gasteiger partial charge is 0.406 e. The lowest BCUT2D eigenvalue weighted by Crippen LogP contribution is -2.67. The minimum absolute atomic E-state index is 0.0229. The van der Waals surface area contributed by atoms with Crippen LogP contribution in [0.2, 0.25) is 5.04 Å². The maximum atomic E-state index is 9.55. The molecule has 0 unspecified atom stereocenters. The van der Waals surface area contributed by atoms with E-state index in [1.807, 2.05) is 0 Å². The zero-order valence-electron chi connectivity index (χ0n) is 22.3. The van der Waals surface area contributed by atoms with Gasteiger partial charge < -0.3 is 9.53 Å². The third kappa shape index (κ3) is 6.00. The molecule has 1 aliphatic rings. The van der Waals surface area contributed by atoms with Gasteiger partial charge in [-0.15, -0.1) is 0 Å². The average molecular weight is 502 g/mol. The number of nitrogens with zero attached hydrogens (tertiary/aromatic N) is 1. The molecule has 3 nitrogen and oxygen atoms in total. The van der Waals surface area contributed by atoms with E-state index in [1.165, 1.54) is 28.8 Å². The highest BCUT2D eigenvalue weighted by atomic mass is 28.4. The molecule has 3 aromatic carbocycles. The van der Waals surface area contributed by atoms with Gasteiger partial charge in [0.15, 0.2) is 0 Å². The molecule has 2 atom stereocenters. The molecule has 1 fully saturated rings. The lowest BCUT2D eigenvalue weighted by molar-refractivity contribution is 0.0351. The van der Waals surface area contributed by atoms with E-state index in [2.05, 4.69) is 117 Å². The number of benzene rings is 3. The lowest BCUT2D eigenvalue weighted by atomic mass is 9.92. The van der Waals surface area contributed by atoms with Gasteiger partial charge in [-0.05, 0) is 46.7 Å². The molecule has 36 heavy (non-hydrogen) atoms. The van der Waals surface area contributed by atoms with E-state index in [0.29, 0.717) is 12.1 Å². The van der Waals surface area contributed by atoms with Crippen molar-refractivity contribution in [2.45, 2.75) is 76.5 Å². The Kier molecular flexibility index (Phi) is 9.18. The second-order valence-electron chi connectivity index (χ2n) is 11.2. The third-order valence-corrected chi connectivity index (χ3v) is 12.8. The Balaban J connectivity index is 1.68. The summed E-state index contributed by atoms with van der Waals surface area (Å²) < 4.78 is 7.37. The van der Waals surface area contributed by atoms with Crippen molar-refractivity contribution >= 4 is 18.7 Å². The van der Waals surface area contributed by atoms with Crippen molar-refractivity contribution in [2.24, 2.45) is 0 Å². The van der Waals surface area contributed by atoms with Crippen molar-refractivity contribution in [3.8, 4) is 0 Å². The van der Waals surface area contributed by atoms with Crippen molar-refractivity contribution in [2.75, 3.05) is 13.2 Å². The fourth-order valence-electron chi connectivity index (χ4n) is 6.07. The van der Waals surface area contributed by atoms with E-state index in [-0.39, 0.29) is 11.6 Å². The zero-order chi connectivity index (χ0) is 25.4. The molecule has 0 bridgehead atoms. The summed E-state index contributed by atoms with van der Waals surface area (Å²) in [7, 11) is -2.57. The van der Waals surface area contributed by atoms with Crippen LogP contribution in [0, 0.1) is 0 Å². The molecule has 1 aliphatic heterocycles. The van der Waals surface area contributed by atoms with Gasteiger partial charge in [0.05, 0.1) is 6.61 Å². The Morgan fingerprint density at radius 3 is 1.86 bits per heavy atom. The van der Waals surface area contributed by atoms with Gasteiger partial charge in [0.1, 0.15) is 0 Å². The van der Waals surface area contributed by atoms with E-state index < -0.39 is 8.32 Å². The third-order valence-electron chi connectivity index (χ3n) is 7.83. The summed E-state index contributed by atoms with van der Waals surface area (Å²) in [6.45, 7) is 8.99. The van der Waals surface area contributed by atoms with Crippen LogP contribution in [0.1, 0.15) is 58.4 Å². The summed E-state index contributed by atoms with van der Waals surface area (Å²) in [5.74, 6) is 0. The molecular weight excluding hydrogens is 458 g/mol. The Bertz CT molecular complexity index is 997. The quantitative estimate of drug-likeness (QED) is 0.359. The molecule has 4 rings (SSSR count). The Hall–Kier alpha value is -2.24. The fraction of sp³-hybridized carbons (Fsp3) is 0.438. The number of aliphatic hydroxyl groups is 1. The van der Waals surface area contributed by atoms with Gasteiger partial charge >= 0.3 is 0 Å². The highest BCUT2D eigenvalue weighted by Gasteiger charge is 2.50. The summed E-state index contributed by atoms with van der Waals surface area (Å²) >= 11 is 0. The number of rotatable bonds is 10. The summed E-state index contributed by atoms with van der Waals surface area (Å²) in [5, 5.41) is 12.2. The zero-order valence-corrected chi connectivity index (χ0v) is 23.3. The summed E-state index contributed by atoms with van der Waals surface area (Å²) in [5.41, 5.74) is 1.35. The van der Waals surface area contributed by atoms with Crippen molar-refractivity contribution in [1.82, 2.24) is 4.90 Å². The average Bonchev–Trinajstić information content (AvgIpc) is 2.90. The van der Waals surface area contributed by atoms with Gasteiger partial charge in [0.25, 0.3) is 8.32 Å². The molecule has 0 amide bonds. The SMILES string of the molecule is CC(C)(C)[Si](OC[C@@H]1CCC[C@@H](CCCO)N1Cc1ccccc1)(c1ccccc1)c1ccccc1. The lowest BCUT2D eigenvalue weighted by Gasteiger charge is -2.47. The smallest absolute Gasteiger partial charge is 0.261 e. The van der Waals surface area contributed by atoms with E-state index in [9.17, 15) is 5.11 Å². The predicted octanol–water partition coefficient (Wildman–Crippen LogP) is 5.76. The van der Waals surface area contributed by atoms with Gasteiger partial charge in [0, 0.05) is 25.2 Å². The van der Waals surface area contributed by atoms with Gasteiger partial charge in [-0.1, -0.05) is 118 Å². The molecule has 3 aromatic rings. The summed E-state index contributed by atoms with van der Waals surface area (Å²) in [4.78, 5) is 2.69. The molecule has 0 spiro atoms. The van der Waals surface area contributed by atoms with Crippen LogP contribution >= 0.6 is 0 Å². The molecular formula is C32H43NO2Si. The van der Waals surface area contributed by atoms with Crippen LogP contribution in [0.4, 0.5) is 0 Å². The number of hydrogen-bond acceptors (Lipinski definition) is 3. The Morgan fingerprint density at radius 1 is 0.806 bits per heavy atom. The molecule has 1 heterocycles. The first-order valence-electron chi connectivity index (χ1n) is 13.6. The van der Waals surface area contributed by atoms with Gasteiger partial charge in [-0.3, -0.25) is 4.90 Å². The minimum Gasteiger partial charge on any atom is -0.406 e. The van der Waals surface area contributed by atoms with Crippen molar-refractivity contribution < 1.29 is 9.53 Å². The van der Waals surface area contributed by atoms with Gasteiger partial charge in [0.2, 0.25) is 0 Å². The first-order valence-corrected chi connectivity index (χ1v) is 15.5. The molecule has 0 saturated carbocycles. The van der Waals surface area contributed by atoms with Crippen molar-refractivity contribution in [3.63, 3.8) is 0 Å². The first kappa shape index (κ1) is 26.8. The number of piperidine rings is 1. The number of aliphatic hydroxyl groups excluding tert-OH is 1. The second-order valence-corrected chi connectivity index (χ2v) is 15.5. The number of likely N-dealkylation sites (tertiary alicyclic amines) is 1. The van der Waals surface area contributed by atoms with E-state index in [4.69, 9.17) is 4.43 Å². The Morgan fingerprint density at radius 2 is 1.33 bits per heavy atom. The highest BCUT2D eigenvalue weighted by Crippen LogP contribution is 2.38. The topological polar surface area (TPSA) is 32.7 Å². The van der Waals surface area contributed by atoms with Crippen LogP contribution in [0.15, 0.2) is 91.0 Å². The van der Waals surface area contributed by atoms with Crippen LogP contribution in [-0.4, -0.2) is 43.6 Å². The van der Waals surface area contributed by atoms with Crippen LogP contribution in [0.5, 0.6) is 0 Å². The normalized spacial score (nSPS) is 19.3. The maximum Gasteiger partial charge on any atom is 0.261 e. The van der Waals surface area contributed by atoms with E-state index in [1.54, 1.807) is 0 Å². The van der Waals surface area contributed by atoms with Gasteiger partial charge in [-0.2, -0.15) is 0 Å². The molecule has 192 valence electrons. The Labute approximate surface area is 219 Å². The van der Waals surface area contributed by atoms with Crippen molar-refractivity contribution in [3.05, 3.63) is 96.6 Å². The molecule has 0 radical (unpaired) electrons. The van der Waals surface area contributed by atoms with Crippen molar-refractivity contribution in [1.29, 1.82) is 0 Å².